The van der Waals surface area contributed by atoms with Gasteiger partial charge in [0.05, 0.1) is 13.2 Å². The fraction of sp³-hybridized carbons (Fsp3) is 0.917. The Kier molecular flexibility index (Phi) is 9.24. The smallest absolute Gasteiger partial charge is 0.305 e. The summed E-state index contributed by atoms with van der Waals surface area (Å²) in [6.45, 7) is 8.13. The summed E-state index contributed by atoms with van der Waals surface area (Å²) < 4.78 is 9.98. The van der Waals surface area contributed by atoms with Crippen molar-refractivity contribution in [1.82, 2.24) is 5.32 Å². The van der Waals surface area contributed by atoms with Crippen LogP contribution in [0.5, 0.6) is 0 Å². The molecule has 0 spiro atoms. The molecule has 0 aromatic rings. The van der Waals surface area contributed by atoms with Crippen molar-refractivity contribution < 1.29 is 14.3 Å². The average Bonchev–Trinajstić information content (AvgIpc) is 2.22. The lowest BCUT2D eigenvalue weighted by atomic mass is 10.1. The molecule has 0 rings (SSSR count). The molecule has 0 radical (unpaired) electrons. The van der Waals surface area contributed by atoms with Crippen LogP contribution in [-0.2, 0) is 14.3 Å². The van der Waals surface area contributed by atoms with Crippen LogP contribution in [0.2, 0.25) is 0 Å². The molecule has 0 aromatic heterocycles. The predicted molar refractivity (Wildman–Crippen MR) is 64.4 cm³/mol. The fourth-order valence-electron chi connectivity index (χ4n) is 1.42. The predicted octanol–water partition coefficient (Wildman–Crippen LogP) is 1.59. The summed E-state index contributed by atoms with van der Waals surface area (Å²) in [5, 5.41) is 3.38. The van der Waals surface area contributed by atoms with Crippen molar-refractivity contribution in [3.05, 3.63) is 0 Å². The Balaban J connectivity index is 3.58. The van der Waals surface area contributed by atoms with E-state index in [2.05, 4.69) is 19.2 Å². The molecule has 0 aliphatic carbocycles. The lowest BCUT2D eigenvalue weighted by Gasteiger charge is -2.21. The zero-order valence-electron chi connectivity index (χ0n) is 10.9. The van der Waals surface area contributed by atoms with Crippen LogP contribution in [0.15, 0.2) is 0 Å². The van der Waals surface area contributed by atoms with E-state index >= 15 is 0 Å². The molecule has 0 aliphatic heterocycles. The van der Waals surface area contributed by atoms with Crippen molar-refractivity contribution in [2.45, 2.75) is 39.7 Å². The van der Waals surface area contributed by atoms with E-state index in [0.29, 0.717) is 31.6 Å². The lowest BCUT2D eigenvalue weighted by molar-refractivity contribution is -0.143. The number of esters is 1. The summed E-state index contributed by atoms with van der Waals surface area (Å²) in [6, 6.07) is 0.354. The van der Waals surface area contributed by atoms with Gasteiger partial charge in [-0.15, -0.1) is 0 Å². The Bertz CT molecular complexity index is 183. The molecule has 16 heavy (non-hydrogen) atoms. The standard InChI is InChI=1S/C12H25NO3/c1-5-16-12(14)7-6-8-13-11(9-15-4)10(2)3/h10-11,13H,5-9H2,1-4H3. The van der Waals surface area contributed by atoms with Gasteiger partial charge in [0.15, 0.2) is 0 Å². The van der Waals surface area contributed by atoms with Crippen LogP contribution in [0, 0.1) is 5.92 Å². The van der Waals surface area contributed by atoms with Crippen LogP contribution in [0.25, 0.3) is 0 Å². The van der Waals surface area contributed by atoms with E-state index in [0.717, 1.165) is 13.0 Å². The van der Waals surface area contributed by atoms with Crippen molar-refractivity contribution in [1.29, 1.82) is 0 Å². The number of rotatable bonds is 9. The van der Waals surface area contributed by atoms with Crippen LogP contribution >= 0.6 is 0 Å². The van der Waals surface area contributed by atoms with Crippen LogP contribution in [-0.4, -0.2) is 38.9 Å². The summed E-state index contributed by atoms with van der Waals surface area (Å²) in [4.78, 5) is 11.1. The molecule has 4 heteroatoms. The van der Waals surface area contributed by atoms with E-state index in [9.17, 15) is 4.79 Å². The second-order valence-electron chi connectivity index (χ2n) is 4.17. The SMILES string of the molecule is CCOC(=O)CCCNC(COC)C(C)C. The van der Waals surface area contributed by atoms with Gasteiger partial charge in [-0.05, 0) is 25.8 Å². The first kappa shape index (κ1) is 15.4. The number of methoxy groups -OCH3 is 1. The number of ether oxygens (including phenoxy) is 2. The molecule has 96 valence electrons. The first-order valence-corrected chi connectivity index (χ1v) is 5.99. The molecule has 0 aliphatic rings. The van der Waals surface area contributed by atoms with E-state index in [1.165, 1.54) is 0 Å². The number of carbonyl (C=O) groups excluding carboxylic acids is 1. The molecular formula is C12H25NO3. The molecule has 0 saturated heterocycles. The summed E-state index contributed by atoms with van der Waals surface area (Å²) in [5.41, 5.74) is 0. The highest BCUT2D eigenvalue weighted by Crippen LogP contribution is 2.02. The summed E-state index contributed by atoms with van der Waals surface area (Å²) >= 11 is 0. The minimum Gasteiger partial charge on any atom is -0.466 e. The van der Waals surface area contributed by atoms with E-state index in [1.807, 2.05) is 6.92 Å². The van der Waals surface area contributed by atoms with Crippen LogP contribution in [0.1, 0.15) is 33.6 Å². The second kappa shape index (κ2) is 9.60. The normalized spacial score (nSPS) is 12.8. The quantitative estimate of drug-likeness (QED) is 0.483. The molecule has 0 fully saturated rings. The van der Waals surface area contributed by atoms with Crippen molar-refractivity contribution in [3.8, 4) is 0 Å². The second-order valence-corrected chi connectivity index (χ2v) is 4.17. The summed E-state index contributed by atoms with van der Waals surface area (Å²) in [5.74, 6) is 0.416. The molecule has 0 saturated carbocycles. The maximum absolute atomic E-state index is 11.1. The first-order valence-electron chi connectivity index (χ1n) is 5.99. The van der Waals surface area contributed by atoms with E-state index in [1.54, 1.807) is 7.11 Å². The largest absolute Gasteiger partial charge is 0.466 e. The molecule has 1 unspecified atom stereocenters. The third-order valence-electron chi connectivity index (χ3n) is 2.42. The highest BCUT2D eigenvalue weighted by Gasteiger charge is 2.11. The Labute approximate surface area is 98.7 Å². The van der Waals surface area contributed by atoms with Gasteiger partial charge in [0.1, 0.15) is 0 Å². The van der Waals surface area contributed by atoms with Gasteiger partial charge in [-0.3, -0.25) is 4.79 Å². The summed E-state index contributed by atoms with van der Waals surface area (Å²) in [6.07, 6.45) is 1.30. The van der Waals surface area contributed by atoms with Crippen molar-refractivity contribution in [2.75, 3.05) is 26.9 Å². The summed E-state index contributed by atoms with van der Waals surface area (Å²) in [7, 11) is 1.70. The zero-order chi connectivity index (χ0) is 12.4. The minimum absolute atomic E-state index is 0.114. The Morgan fingerprint density at radius 1 is 1.38 bits per heavy atom. The van der Waals surface area contributed by atoms with Gasteiger partial charge in [-0.2, -0.15) is 0 Å². The molecule has 4 nitrogen and oxygen atoms in total. The van der Waals surface area contributed by atoms with Crippen molar-refractivity contribution in [2.24, 2.45) is 5.92 Å². The van der Waals surface area contributed by atoms with Gasteiger partial charge in [0, 0.05) is 19.6 Å². The highest BCUT2D eigenvalue weighted by atomic mass is 16.5. The Morgan fingerprint density at radius 2 is 2.06 bits per heavy atom. The van der Waals surface area contributed by atoms with Crippen LogP contribution in [0.3, 0.4) is 0 Å². The molecule has 0 heterocycles. The molecule has 0 bridgehead atoms. The van der Waals surface area contributed by atoms with Crippen LogP contribution in [0.4, 0.5) is 0 Å². The van der Waals surface area contributed by atoms with E-state index < -0.39 is 0 Å². The van der Waals surface area contributed by atoms with Crippen LogP contribution < -0.4 is 5.32 Å². The van der Waals surface area contributed by atoms with Gasteiger partial charge >= 0.3 is 5.97 Å². The minimum atomic E-state index is -0.114. The molecule has 0 amide bonds. The molecular weight excluding hydrogens is 206 g/mol. The fourth-order valence-corrected chi connectivity index (χ4v) is 1.42. The van der Waals surface area contributed by atoms with Gasteiger partial charge in [0.25, 0.3) is 0 Å². The van der Waals surface area contributed by atoms with Crippen molar-refractivity contribution in [3.63, 3.8) is 0 Å². The highest BCUT2D eigenvalue weighted by molar-refractivity contribution is 5.69. The monoisotopic (exact) mass is 231 g/mol. The average molecular weight is 231 g/mol. The van der Waals surface area contributed by atoms with E-state index in [4.69, 9.17) is 9.47 Å². The maximum atomic E-state index is 11.1. The number of hydrogen-bond acceptors (Lipinski definition) is 4. The number of nitrogens with one attached hydrogen (secondary N) is 1. The van der Waals surface area contributed by atoms with Gasteiger partial charge in [-0.1, -0.05) is 13.8 Å². The van der Waals surface area contributed by atoms with E-state index in [-0.39, 0.29) is 5.97 Å². The van der Waals surface area contributed by atoms with Crippen molar-refractivity contribution >= 4 is 5.97 Å². The van der Waals surface area contributed by atoms with Gasteiger partial charge in [-0.25, -0.2) is 0 Å². The zero-order valence-corrected chi connectivity index (χ0v) is 10.9. The van der Waals surface area contributed by atoms with Gasteiger partial charge in [0.2, 0.25) is 0 Å². The maximum Gasteiger partial charge on any atom is 0.305 e. The Morgan fingerprint density at radius 3 is 2.56 bits per heavy atom. The third-order valence-corrected chi connectivity index (χ3v) is 2.42. The molecule has 0 aromatic carbocycles. The lowest BCUT2D eigenvalue weighted by Crippen LogP contribution is -2.38. The first-order chi connectivity index (χ1) is 7.61. The Hall–Kier alpha value is -0.610. The number of carbonyl (C=O) groups is 1. The molecule has 1 N–H and O–H groups in total. The van der Waals surface area contributed by atoms with Gasteiger partial charge < -0.3 is 14.8 Å². The number of hydrogen-bond donors (Lipinski definition) is 1. The third kappa shape index (κ3) is 7.65. The molecule has 1 atom stereocenters. The topological polar surface area (TPSA) is 47.6 Å².